The molecule has 2 aliphatic carbocycles. The highest BCUT2D eigenvalue weighted by molar-refractivity contribution is 5.60. The smallest absolute Gasteiger partial charge is 0.157 e. The van der Waals surface area contributed by atoms with E-state index in [4.69, 9.17) is 0 Å². The van der Waals surface area contributed by atoms with Crippen LogP contribution < -0.4 is 0 Å². The molecule has 3 atom stereocenters. The van der Waals surface area contributed by atoms with Gasteiger partial charge in [0.05, 0.1) is 0 Å². The first-order valence-corrected chi connectivity index (χ1v) is 9.84. The molecule has 0 radical (unpaired) electrons. The summed E-state index contributed by atoms with van der Waals surface area (Å²) in [6, 6.07) is 6.53. The van der Waals surface area contributed by atoms with Gasteiger partial charge in [-0.2, -0.15) is 0 Å². The van der Waals surface area contributed by atoms with Gasteiger partial charge in [0.25, 0.3) is 0 Å². The Morgan fingerprint density at radius 1 is 1.00 bits per heavy atom. The van der Waals surface area contributed by atoms with Crippen LogP contribution in [0.5, 0.6) is 23.0 Å². The fourth-order valence-electron chi connectivity index (χ4n) is 5.52. The van der Waals surface area contributed by atoms with Crippen LogP contribution >= 0.6 is 0 Å². The van der Waals surface area contributed by atoms with Crippen molar-refractivity contribution in [3.05, 3.63) is 58.2 Å². The first kappa shape index (κ1) is 18.7. The van der Waals surface area contributed by atoms with Crippen molar-refractivity contribution in [1.82, 2.24) is 0 Å². The standard InChI is InChI=1S/C24H28O4/c1-12(2)5-7-14-18(26)11-19(27)15-10-16-22(21(14)15)23(24(16,3)4)13-6-8-17(25)20(28)9-13/h5-6,8-9,11,16,22-23,25-28H,7,10H2,1-4H3/t16-,22-,23-/m1/s1. The topological polar surface area (TPSA) is 80.9 Å². The van der Waals surface area contributed by atoms with Crippen molar-refractivity contribution in [3.63, 3.8) is 0 Å². The lowest BCUT2D eigenvalue weighted by Crippen LogP contribution is -2.48. The molecule has 0 saturated heterocycles. The SMILES string of the molecule is CC(C)=CCc1c(O)cc(O)c2c1[C@H]1[C@@H](C2)C(C)(C)[C@@H]1c1ccc(O)c(O)c1. The van der Waals surface area contributed by atoms with Crippen molar-refractivity contribution in [3.8, 4) is 23.0 Å². The van der Waals surface area contributed by atoms with E-state index in [1.165, 1.54) is 17.7 Å². The summed E-state index contributed by atoms with van der Waals surface area (Å²) in [7, 11) is 0. The molecule has 0 amide bonds. The minimum atomic E-state index is -0.121. The average molecular weight is 380 g/mol. The van der Waals surface area contributed by atoms with Crippen LogP contribution in [-0.2, 0) is 12.8 Å². The lowest BCUT2D eigenvalue weighted by Gasteiger charge is -2.57. The second kappa shape index (κ2) is 6.20. The number of phenols is 4. The highest BCUT2D eigenvalue weighted by Crippen LogP contribution is 2.71. The Kier molecular flexibility index (Phi) is 4.14. The fourth-order valence-corrected chi connectivity index (χ4v) is 5.52. The van der Waals surface area contributed by atoms with Gasteiger partial charge >= 0.3 is 0 Å². The van der Waals surface area contributed by atoms with E-state index in [1.807, 2.05) is 19.9 Å². The molecule has 2 aliphatic rings. The zero-order valence-electron chi connectivity index (χ0n) is 16.8. The van der Waals surface area contributed by atoms with E-state index in [1.54, 1.807) is 6.07 Å². The molecule has 1 fully saturated rings. The Labute approximate surface area is 165 Å². The molecule has 0 heterocycles. The highest BCUT2D eigenvalue weighted by atomic mass is 16.3. The molecule has 1 saturated carbocycles. The lowest BCUT2D eigenvalue weighted by atomic mass is 9.46. The summed E-state index contributed by atoms with van der Waals surface area (Å²) in [6.07, 6.45) is 3.53. The van der Waals surface area contributed by atoms with Crippen molar-refractivity contribution < 1.29 is 20.4 Å². The normalized spacial score (nSPS) is 24.2. The Hall–Kier alpha value is -2.62. The molecule has 2 aromatic rings. The van der Waals surface area contributed by atoms with Crippen molar-refractivity contribution in [2.24, 2.45) is 11.3 Å². The fraction of sp³-hybridized carbons (Fsp3) is 0.417. The molecule has 0 aliphatic heterocycles. The molecule has 2 aromatic carbocycles. The molecule has 148 valence electrons. The van der Waals surface area contributed by atoms with Gasteiger partial charge in [-0.05, 0) is 78.7 Å². The van der Waals surface area contributed by atoms with Gasteiger partial charge in [0.1, 0.15) is 11.5 Å². The summed E-state index contributed by atoms with van der Waals surface area (Å²) in [5.74, 6) is 0.755. The van der Waals surface area contributed by atoms with Gasteiger partial charge in [0.15, 0.2) is 11.5 Å². The summed E-state index contributed by atoms with van der Waals surface area (Å²) in [5.41, 5.74) is 5.05. The molecule has 0 spiro atoms. The number of allylic oxidation sites excluding steroid dienone is 2. The summed E-state index contributed by atoms with van der Waals surface area (Å²) >= 11 is 0. The third kappa shape index (κ3) is 2.58. The molecule has 0 aromatic heterocycles. The van der Waals surface area contributed by atoms with Gasteiger partial charge in [-0.15, -0.1) is 0 Å². The maximum Gasteiger partial charge on any atom is 0.157 e. The van der Waals surface area contributed by atoms with E-state index in [-0.39, 0.29) is 40.2 Å². The average Bonchev–Trinajstić information content (AvgIpc) is 2.96. The number of rotatable bonds is 3. The molecule has 28 heavy (non-hydrogen) atoms. The van der Waals surface area contributed by atoms with E-state index in [0.717, 1.165) is 28.7 Å². The molecular formula is C24H28O4. The number of fused-ring (bicyclic) bond motifs is 3. The number of benzene rings is 2. The molecular weight excluding hydrogens is 352 g/mol. The third-order valence-electron chi connectivity index (χ3n) is 6.92. The predicted molar refractivity (Wildman–Crippen MR) is 109 cm³/mol. The summed E-state index contributed by atoms with van der Waals surface area (Å²) in [6.45, 7) is 8.52. The van der Waals surface area contributed by atoms with Gasteiger partial charge in [-0.25, -0.2) is 0 Å². The molecule has 4 rings (SSSR count). The minimum absolute atomic E-state index is 0.0249. The van der Waals surface area contributed by atoms with Crippen LogP contribution in [0.15, 0.2) is 35.9 Å². The first-order chi connectivity index (χ1) is 13.1. The maximum atomic E-state index is 10.6. The number of hydrogen-bond acceptors (Lipinski definition) is 4. The number of phenolic OH excluding ortho intramolecular Hbond substituents is 4. The Bertz CT molecular complexity index is 983. The van der Waals surface area contributed by atoms with Crippen molar-refractivity contribution in [2.75, 3.05) is 0 Å². The Morgan fingerprint density at radius 3 is 2.36 bits per heavy atom. The van der Waals surface area contributed by atoms with Gasteiger partial charge in [-0.3, -0.25) is 0 Å². The van der Waals surface area contributed by atoms with E-state index in [2.05, 4.69) is 19.9 Å². The van der Waals surface area contributed by atoms with Crippen LogP contribution in [0.3, 0.4) is 0 Å². The minimum Gasteiger partial charge on any atom is -0.508 e. The maximum absolute atomic E-state index is 10.6. The van der Waals surface area contributed by atoms with Crippen LogP contribution in [-0.4, -0.2) is 20.4 Å². The van der Waals surface area contributed by atoms with Crippen LogP contribution in [0.25, 0.3) is 0 Å². The van der Waals surface area contributed by atoms with Gasteiger partial charge in [-0.1, -0.05) is 31.6 Å². The Balaban J connectivity index is 1.86. The second-order valence-electron chi connectivity index (χ2n) is 9.15. The van der Waals surface area contributed by atoms with Crippen LogP contribution in [0, 0.1) is 11.3 Å². The van der Waals surface area contributed by atoms with Crippen LogP contribution in [0.4, 0.5) is 0 Å². The molecule has 0 unspecified atom stereocenters. The summed E-state index contributed by atoms with van der Waals surface area (Å²) in [4.78, 5) is 0. The molecule has 4 heteroatoms. The van der Waals surface area contributed by atoms with Gasteiger partial charge in [0, 0.05) is 11.6 Å². The van der Waals surface area contributed by atoms with Gasteiger partial charge in [0.2, 0.25) is 0 Å². The lowest BCUT2D eigenvalue weighted by molar-refractivity contribution is 0.0122. The number of hydrogen-bond donors (Lipinski definition) is 4. The largest absolute Gasteiger partial charge is 0.508 e. The highest BCUT2D eigenvalue weighted by Gasteiger charge is 2.61. The molecule has 4 N–H and O–H groups in total. The van der Waals surface area contributed by atoms with E-state index in [9.17, 15) is 20.4 Å². The van der Waals surface area contributed by atoms with Crippen molar-refractivity contribution >= 4 is 0 Å². The molecule has 4 nitrogen and oxygen atoms in total. The Morgan fingerprint density at radius 2 is 1.71 bits per heavy atom. The van der Waals surface area contributed by atoms with E-state index < -0.39 is 0 Å². The summed E-state index contributed by atoms with van der Waals surface area (Å²) < 4.78 is 0. The van der Waals surface area contributed by atoms with E-state index >= 15 is 0 Å². The second-order valence-corrected chi connectivity index (χ2v) is 9.15. The van der Waals surface area contributed by atoms with Crippen LogP contribution in [0.2, 0.25) is 0 Å². The zero-order chi connectivity index (χ0) is 20.4. The number of aromatic hydroxyl groups is 4. The summed E-state index contributed by atoms with van der Waals surface area (Å²) in [5, 5.41) is 40.9. The first-order valence-electron chi connectivity index (χ1n) is 9.84. The predicted octanol–water partition coefficient (Wildman–Crippen LogP) is 5.10. The van der Waals surface area contributed by atoms with Crippen LogP contribution in [0.1, 0.15) is 61.8 Å². The molecule has 0 bridgehead atoms. The van der Waals surface area contributed by atoms with Gasteiger partial charge < -0.3 is 20.4 Å². The zero-order valence-corrected chi connectivity index (χ0v) is 16.8. The monoisotopic (exact) mass is 380 g/mol. The van der Waals surface area contributed by atoms with E-state index in [0.29, 0.717) is 12.3 Å². The third-order valence-corrected chi connectivity index (χ3v) is 6.92. The van der Waals surface area contributed by atoms with Crippen molar-refractivity contribution in [1.29, 1.82) is 0 Å². The van der Waals surface area contributed by atoms with Crippen molar-refractivity contribution in [2.45, 2.75) is 52.4 Å². The quantitative estimate of drug-likeness (QED) is 0.441.